The molecule has 3 nitrogen and oxygen atoms in total. The van der Waals surface area contributed by atoms with E-state index in [2.05, 4.69) is 29.1 Å². The van der Waals surface area contributed by atoms with E-state index >= 15 is 0 Å². The van der Waals surface area contributed by atoms with Gasteiger partial charge in [0, 0.05) is 37.8 Å². The summed E-state index contributed by atoms with van der Waals surface area (Å²) in [4.78, 5) is 5.16. The molecule has 0 spiro atoms. The van der Waals surface area contributed by atoms with Gasteiger partial charge in [-0.25, -0.2) is 0 Å². The van der Waals surface area contributed by atoms with Crippen molar-refractivity contribution in [1.82, 2.24) is 15.1 Å². The molecule has 0 aromatic carbocycles. The second-order valence-corrected chi connectivity index (χ2v) is 6.58. The minimum Gasteiger partial charge on any atom is -0.309 e. The molecule has 17 heavy (non-hydrogen) atoms. The third-order valence-electron chi connectivity index (χ3n) is 4.84. The smallest absolute Gasteiger partial charge is 0.0212 e. The van der Waals surface area contributed by atoms with E-state index in [0.29, 0.717) is 0 Å². The lowest BCUT2D eigenvalue weighted by Gasteiger charge is -2.20. The molecular weight excluding hydrogens is 210 g/mol. The van der Waals surface area contributed by atoms with E-state index < -0.39 is 0 Å². The maximum atomic E-state index is 3.88. The highest BCUT2D eigenvalue weighted by atomic mass is 15.2. The summed E-state index contributed by atoms with van der Waals surface area (Å²) < 4.78 is 0. The van der Waals surface area contributed by atoms with Crippen LogP contribution in [-0.2, 0) is 0 Å². The molecular formula is C14H27N3. The number of nitrogens with zero attached hydrogens (tertiary/aromatic N) is 2. The molecule has 0 aromatic rings. The molecule has 3 aliphatic rings. The zero-order chi connectivity index (χ0) is 11.8. The van der Waals surface area contributed by atoms with E-state index in [1.54, 1.807) is 0 Å². The van der Waals surface area contributed by atoms with E-state index in [4.69, 9.17) is 0 Å². The van der Waals surface area contributed by atoms with Crippen LogP contribution >= 0.6 is 0 Å². The van der Waals surface area contributed by atoms with Crippen molar-refractivity contribution in [2.24, 2.45) is 5.92 Å². The Bertz CT molecular complexity index is 254. The molecule has 3 atom stereocenters. The third-order valence-corrected chi connectivity index (χ3v) is 4.84. The topological polar surface area (TPSA) is 18.5 Å². The van der Waals surface area contributed by atoms with Crippen molar-refractivity contribution >= 4 is 0 Å². The van der Waals surface area contributed by atoms with Crippen molar-refractivity contribution < 1.29 is 0 Å². The number of likely N-dealkylation sites (N-methyl/N-ethyl adjacent to an activating group) is 1. The molecule has 98 valence electrons. The largest absolute Gasteiger partial charge is 0.309 e. The summed E-state index contributed by atoms with van der Waals surface area (Å²) in [7, 11) is 2.25. The minimum absolute atomic E-state index is 0.737. The molecule has 0 radical (unpaired) electrons. The second-order valence-electron chi connectivity index (χ2n) is 6.58. The van der Waals surface area contributed by atoms with Gasteiger partial charge >= 0.3 is 0 Å². The molecule has 3 fully saturated rings. The van der Waals surface area contributed by atoms with Crippen LogP contribution in [0.15, 0.2) is 0 Å². The van der Waals surface area contributed by atoms with E-state index in [1.807, 2.05) is 0 Å². The predicted octanol–water partition coefficient (Wildman–Crippen LogP) is 1.15. The lowest BCUT2D eigenvalue weighted by Crippen LogP contribution is -2.41. The number of likely N-dealkylation sites (tertiary alicyclic amines) is 2. The van der Waals surface area contributed by atoms with Crippen molar-refractivity contribution in [2.75, 3.05) is 33.2 Å². The first-order valence-electron chi connectivity index (χ1n) is 7.39. The van der Waals surface area contributed by atoms with Gasteiger partial charge in [-0.05, 0) is 52.1 Å². The van der Waals surface area contributed by atoms with Crippen molar-refractivity contribution in [3.63, 3.8) is 0 Å². The van der Waals surface area contributed by atoms with Crippen LogP contribution in [0.2, 0.25) is 0 Å². The maximum Gasteiger partial charge on any atom is 0.0212 e. The first-order valence-corrected chi connectivity index (χ1v) is 7.39. The highest BCUT2D eigenvalue weighted by molar-refractivity contribution is 4.91. The molecule has 0 amide bonds. The lowest BCUT2D eigenvalue weighted by molar-refractivity contribution is 0.305. The Morgan fingerprint density at radius 2 is 1.94 bits per heavy atom. The van der Waals surface area contributed by atoms with Crippen LogP contribution in [0.25, 0.3) is 0 Å². The lowest BCUT2D eigenvalue weighted by atomic mass is 10.1. The molecule has 3 rings (SSSR count). The quantitative estimate of drug-likeness (QED) is 0.791. The van der Waals surface area contributed by atoms with Crippen LogP contribution < -0.4 is 5.32 Å². The molecule has 2 saturated heterocycles. The maximum absolute atomic E-state index is 3.88. The molecule has 0 unspecified atom stereocenters. The van der Waals surface area contributed by atoms with Gasteiger partial charge in [-0.3, -0.25) is 0 Å². The second kappa shape index (κ2) is 4.87. The van der Waals surface area contributed by atoms with Gasteiger partial charge in [0.15, 0.2) is 0 Å². The van der Waals surface area contributed by atoms with Gasteiger partial charge in [-0.2, -0.15) is 0 Å². The summed E-state index contributed by atoms with van der Waals surface area (Å²) >= 11 is 0. The van der Waals surface area contributed by atoms with Crippen molar-refractivity contribution in [3.8, 4) is 0 Å². The molecule has 1 aliphatic carbocycles. The van der Waals surface area contributed by atoms with Crippen LogP contribution in [0.1, 0.15) is 32.6 Å². The molecule has 0 bridgehead atoms. The summed E-state index contributed by atoms with van der Waals surface area (Å²) in [5, 5.41) is 3.88. The van der Waals surface area contributed by atoms with Crippen molar-refractivity contribution in [2.45, 2.75) is 50.7 Å². The van der Waals surface area contributed by atoms with Crippen LogP contribution in [-0.4, -0.2) is 61.2 Å². The van der Waals surface area contributed by atoms with E-state index in [0.717, 1.165) is 24.0 Å². The average Bonchev–Trinajstić information content (AvgIpc) is 2.89. The van der Waals surface area contributed by atoms with E-state index in [-0.39, 0.29) is 0 Å². The van der Waals surface area contributed by atoms with Crippen molar-refractivity contribution in [1.29, 1.82) is 0 Å². The molecule has 3 heteroatoms. The number of nitrogens with one attached hydrogen (secondary N) is 1. The first-order chi connectivity index (χ1) is 8.20. The van der Waals surface area contributed by atoms with Gasteiger partial charge in [-0.1, -0.05) is 0 Å². The van der Waals surface area contributed by atoms with Gasteiger partial charge in [0.05, 0.1) is 0 Å². The Morgan fingerprint density at radius 1 is 1.12 bits per heavy atom. The van der Waals surface area contributed by atoms with Crippen LogP contribution in [0, 0.1) is 5.92 Å². The summed E-state index contributed by atoms with van der Waals surface area (Å²) in [6.45, 7) is 7.58. The Hall–Kier alpha value is -0.120. The van der Waals surface area contributed by atoms with E-state index in [9.17, 15) is 0 Å². The normalized spacial score (nSPS) is 40.2. The molecule has 1 saturated carbocycles. The Balaban J connectivity index is 1.41. The summed E-state index contributed by atoms with van der Waals surface area (Å²) in [5.74, 6) is 1.05. The van der Waals surface area contributed by atoms with Gasteiger partial charge in [0.2, 0.25) is 0 Å². The summed E-state index contributed by atoms with van der Waals surface area (Å²) in [6.07, 6.45) is 5.66. The Kier molecular flexibility index (Phi) is 3.42. The Labute approximate surface area is 106 Å². The average molecular weight is 237 g/mol. The van der Waals surface area contributed by atoms with Gasteiger partial charge in [0.1, 0.15) is 0 Å². The standard InChI is InChI=1S/C14H27N3/c1-11-7-14(9-16(11)2)15-13-5-6-17(10-13)8-12-3-4-12/h11-15H,3-10H2,1-2H3/t11-,13+,14-/m1/s1. The van der Waals surface area contributed by atoms with Crippen LogP contribution in [0.3, 0.4) is 0 Å². The molecule has 1 N–H and O–H groups in total. The fourth-order valence-corrected chi connectivity index (χ4v) is 3.45. The van der Waals surface area contributed by atoms with Gasteiger partial charge in [-0.15, -0.1) is 0 Å². The third kappa shape index (κ3) is 3.01. The predicted molar refractivity (Wildman–Crippen MR) is 71.2 cm³/mol. The van der Waals surface area contributed by atoms with Crippen LogP contribution in [0.5, 0.6) is 0 Å². The monoisotopic (exact) mass is 237 g/mol. The zero-order valence-corrected chi connectivity index (χ0v) is 11.4. The molecule has 2 heterocycles. The number of rotatable bonds is 4. The van der Waals surface area contributed by atoms with Gasteiger partial charge < -0.3 is 15.1 Å². The Morgan fingerprint density at radius 3 is 2.59 bits per heavy atom. The summed E-state index contributed by atoms with van der Waals surface area (Å²) in [6, 6.07) is 2.26. The highest BCUT2D eigenvalue weighted by Crippen LogP contribution is 2.30. The van der Waals surface area contributed by atoms with E-state index in [1.165, 1.54) is 51.9 Å². The zero-order valence-electron chi connectivity index (χ0n) is 11.4. The number of hydrogen-bond donors (Lipinski definition) is 1. The fraction of sp³-hybridized carbons (Fsp3) is 1.00. The fourth-order valence-electron chi connectivity index (χ4n) is 3.45. The first kappa shape index (κ1) is 11.9. The van der Waals surface area contributed by atoms with Crippen molar-refractivity contribution in [3.05, 3.63) is 0 Å². The van der Waals surface area contributed by atoms with Crippen LogP contribution in [0.4, 0.5) is 0 Å². The highest BCUT2D eigenvalue weighted by Gasteiger charge is 2.32. The SMILES string of the molecule is C[C@@H]1C[C@@H](N[C@H]2CCN(CC3CC3)C2)CN1C. The summed E-state index contributed by atoms with van der Waals surface area (Å²) in [5.41, 5.74) is 0. The molecule has 0 aromatic heterocycles. The number of hydrogen-bond acceptors (Lipinski definition) is 3. The van der Waals surface area contributed by atoms with Gasteiger partial charge in [0.25, 0.3) is 0 Å². The minimum atomic E-state index is 0.737. The molecule has 2 aliphatic heterocycles.